The summed E-state index contributed by atoms with van der Waals surface area (Å²) in [5.41, 5.74) is 19.3. The van der Waals surface area contributed by atoms with E-state index in [0.29, 0.717) is 19.6 Å². The van der Waals surface area contributed by atoms with Crippen LogP contribution in [0.2, 0.25) is 0 Å². The fourth-order valence-corrected chi connectivity index (χ4v) is 7.75. The number of ether oxygens (including phenoxy) is 2. The summed E-state index contributed by atoms with van der Waals surface area (Å²) in [6.45, 7) is 15.1. The molecule has 1 aliphatic rings. The van der Waals surface area contributed by atoms with Gasteiger partial charge in [-0.15, -0.1) is 10.2 Å². The van der Waals surface area contributed by atoms with Crippen molar-refractivity contribution in [2.24, 2.45) is 0 Å². The molecule has 0 fully saturated rings. The largest absolute Gasteiger partial charge is 0.487 e. The van der Waals surface area contributed by atoms with Crippen molar-refractivity contribution in [1.82, 2.24) is 30.0 Å². The molecule has 0 saturated carbocycles. The monoisotopic (exact) mass is 690 g/mol. The Bertz CT molecular complexity index is 2120. The van der Waals surface area contributed by atoms with Crippen molar-refractivity contribution < 1.29 is 9.47 Å². The zero-order valence-electron chi connectivity index (χ0n) is 31.9. The van der Waals surface area contributed by atoms with Crippen molar-refractivity contribution >= 4 is 26.6 Å². The minimum Gasteiger partial charge on any atom is -0.487 e. The van der Waals surface area contributed by atoms with E-state index in [1.165, 1.54) is 66.6 Å². The Morgan fingerprint density at radius 2 is 0.788 bits per heavy atom. The van der Waals surface area contributed by atoms with Gasteiger partial charge < -0.3 is 9.47 Å². The van der Waals surface area contributed by atoms with Gasteiger partial charge in [-0.2, -0.15) is 0 Å². The van der Waals surface area contributed by atoms with Crippen molar-refractivity contribution in [1.29, 1.82) is 0 Å². The van der Waals surface area contributed by atoms with Crippen LogP contribution in [0.15, 0.2) is 60.9 Å². The molecule has 0 atom stereocenters. The van der Waals surface area contributed by atoms with E-state index in [-0.39, 0.29) is 0 Å². The molecule has 0 spiro atoms. The molecule has 0 N–H and O–H groups in total. The van der Waals surface area contributed by atoms with Gasteiger partial charge >= 0.3 is 0 Å². The van der Waals surface area contributed by atoms with Crippen LogP contribution in [0, 0.1) is 27.7 Å². The highest BCUT2D eigenvalue weighted by Crippen LogP contribution is 2.36. The summed E-state index contributed by atoms with van der Waals surface area (Å²) >= 11 is 0. The Hall–Kier alpha value is -5.11. The summed E-state index contributed by atoms with van der Waals surface area (Å²) in [5.74, 6) is 1.81. The average molecular weight is 691 g/mol. The highest BCUT2D eigenvalue weighted by Gasteiger charge is 2.21. The van der Waals surface area contributed by atoms with Crippen molar-refractivity contribution in [3.05, 3.63) is 139 Å². The van der Waals surface area contributed by atoms with Crippen LogP contribution >= 0.6 is 0 Å². The van der Waals surface area contributed by atoms with E-state index >= 15 is 0 Å². The van der Waals surface area contributed by atoms with Gasteiger partial charge in [0.2, 0.25) is 0 Å². The number of rotatable bonds is 8. The van der Waals surface area contributed by atoms with Crippen LogP contribution in [0.25, 0.3) is 0 Å². The molecule has 7 rings (SSSR count). The number of aryl methyl sites for hydroxylation is 6. The highest BCUT2D eigenvalue weighted by molar-refractivity contribution is 6.35. The van der Waals surface area contributed by atoms with Crippen LogP contribution < -0.4 is 20.4 Å². The summed E-state index contributed by atoms with van der Waals surface area (Å²) in [5, 5.41) is 17.3. The number of fused-ring (bicyclic) bond motifs is 8. The van der Waals surface area contributed by atoms with Crippen molar-refractivity contribution in [3.63, 3.8) is 0 Å². The molecule has 4 aromatic carbocycles. The Morgan fingerprint density at radius 3 is 1.10 bits per heavy atom. The normalized spacial score (nSPS) is 12.6. The molecule has 0 radical (unpaired) electrons. The van der Waals surface area contributed by atoms with Gasteiger partial charge in [-0.05, 0) is 92.5 Å². The fraction of sp³-hybridized carbons (Fsp3) is 0.333. The second-order valence-corrected chi connectivity index (χ2v) is 14.7. The van der Waals surface area contributed by atoms with Crippen molar-refractivity contribution in [3.8, 4) is 11.5 Å². The maximum Gasteiger partial charge on any atom is 0.140 e. The minimum atomic E-state index is 0.337. The second-order valence-electron chi connectivity index (χ2n) is 14.7. The molecule has 10 heteroatoms. The Labute approximate surface area is 309 Å². The van der Waals surface area contributed by atoms with Gasteiger partial charge in [0.15, 0.2) is 0 Å². The summed E-state index contributed by atoms with van der Waals surface area (Å²) in [7, 11) is 4.58. The summed E-state index contributed by atoms with van der Waals surface area (Å²) in [6, 6.07) is 18.6. The lowest BCUT2D eigenvalue weighted by atomic mass is 9.76. The number of aromatic nitrogens is 6. The first-order valence-electron chi connectivity index (χ1n) is 18.5. The van der Waals surface area contributed by atoms with Crippen LogP contribution in [-0.4, -0.2) is 45.7 Å². The number of nitrogens with zero attached hydrogens (tertiary/aromatic N) is 6. The van der Waals surface area contributed by atoms with E-state index in [2.05, 4.69) is 126 Å². The van der Waals surface area contributed by atoms with E-state index < -0.39 is 0 Å². The molecule has 2 heterocycles. The minimum absolute atomic E-state index is 0.337. The third-order valence-corrected chi connectivity index (χ3v) is 10.4. The first-order valence-corrected chi connectivity index (χ1v) is 18.5. The number of hydrogen-bond donors (Lipinski definition) is 0. The van der Waals surface area contributed by atoms with Crippen LogP contribution in [0.4, 0.5) is 0 Å². The number of hydrogen-bond acceptors (Lipinski definition) is 6. The molecular formula is C42H48B2N6O2. The standard InChI is InChI=1S/C42H48B2N6O2/c1-7-49-21-37(45-47-49)23-51-41-33-13-27(5)15-35(41)20-36-16-28(6)14-34(42(36)52-24-38-22-50(8-2)48-46-38)19-32-12-26(4)10-30(40(32)44)17-29-9-25(3)11-31(18-33)39(29)43/h9-16,21-22H,7-8,17-20,23-24,43-44H2,1-6H3. The molecule has 0 unspecified atom stereocenters. The summed E-state index contributed by atoms with van der Waals surface area (Å²) < 4.78 is 17.3. The fourth-order valence-electron chi connectivity index (χ4n) is 7.75. The van der Waals surface area contributed by atoms with Gasteiger partial charge in [-0.25, -0.2) is 0 Å². The predicted octanol–water partition coefficient (Wildman–Crippen LogP) is 4.49. The van der Waals surface area contributed by atoms with E-state index in [0.717, 1.165) is 66.4 Å². The molecule has 6 aromatic rings. The first-order chi connectivity index (χ1) is 25.1. The highest BCUT2D eigenvalue weighted by atomic mass is 16.5. The third-order valence-electron chi connectivity index (χ3n) is 10.4. The lowest BCUT2D eigenvalue weighted by Crippen LogP contribution is -2.23. The SMILES string of the molecule is Bc1c2cc(C)cc1Cc1cc(C)cc(c1OCc1cn(CC)nn1)Cc1cc(C)cc(c1OCc1cn(CC)nn1)Cc1cc(C)cc(c1B)C2. The lowest BCUT2D eigenvalue weighted by Gasteiger charge is -2.23. The van der Waals surface area contributed by atoms with E-state index in [1.807, 2.05) is 21.8 Å². The van der Waals surface area contributed by atoms with Gasteiger partial charge in [-0.3, -0.25) is 9.36 Å². The lowest BCUT2D eigenvalue weighted by molar-refractivity contribution is 0.292. The summed E-state index contributed by atoms with van der Waals surface area (Å²) in [4.78, 5) is 0. The molecule has 52 heavy (non-hydrogen) atoms. The Morgan fingerprint density at radius 1 is 0.500 bits per heavy atom. The average Bonchev–Trinajstić information content (AvgIpc) is 3.77. The molecule has 0 amide bonds. The topological polar surface area (TPSA) is 79.9 Å². The molecule has 1 aliphatic carbocycles. The van der Waals surface area contributed by atoms with Gasteiger partial charge in [0, 0.05) is 32.4 Å². The molecule has 264 valence electrons. The maximum absolute atomic E-state index is 6.83. The number of benzene rings is 4. The zero-order valence-corrected chi connectivity index (χ0v) is 31.9. The molecule has 8 nitrogen and oxygen atoms in total. The van der Waals surface area contributed by atoms with Crippen LogP contribution in [-0.2, 0) is 52.0 Å². The molecular weight excluding hydrogens is 642 g/mol. The van der Waals surface area contributed by atoms with Crippen LogP contribution in [0.3, 0.4) is 0 Å². The van der Waals surface area contributed by atoms with E-state index in [9.17, 15) is 0 Å². The van der Waals surface area contributed by atoms with Crippen molar-refractivity contribution in [2.75, 3.05) is 0 Å². The van der Waals surface area contributed by atoms with Gasteiger partial charge in [0.25, 0.3) is 0 Å². The Kier molecular flexibility index (Phi) is 10.1. The van der Waals surface area contributed by atoms with Gasteiger partial charge in [-0.1, -0.05) is 92.1 Å². The van der Waals surface area contributed by atoms with Crippen molar-refractivity contribution in [2.45, 2.75) is 93.5 Å². The van der Waals surface area contributed by atoms with Crippen LogP contribution in [0.5, 0.6) is 11.5 Å². The zero-order chi connectivity index (χ0) is 36.5. The summed E-state index contributed by atoms with van der Waals surface area (Å²) in [6.07, 6.45) is 6.99. The van der Waals surface area contributed by atoms with Gasteiger partial charge in [0.1, 0.15) is 51.8 Å². The maximum atomic E-state index is 6.83. The second kappa shape index (κ2) is 14.9. The molecule has 0 saturated heterocycles. The molecule has 0 aliphatic heterocycles. The van der Waals surface area contributed by atoms with Crippen LogP contribution in [0.1, 0.15) is 92.0 Å². The Balaban J connectivity index is 1.42. The third kappa shape index (κ3) is 7.57. The predicted molar refractivity (Wildman–Crippen MR) is 212 cm³/mol. The van der Waals surface area contributed by atoms with Gasteiger partial charge in [0.05, 0.1) is 12.4 Å². The molecule has 2 aromatic heterocycles. The quantitative estimate of drug-likeness (QED) is 0.219. The first kappa shape index (κ1) is 35.3. The van der Waals surface area contributed by atoms with E-state index in [4.69, 9.17) is 9.47 Å². The smallest absolute Gasteiger partial charge is 0.140 e. The van der Waals surface area contributed by atoms with E-state index in [1.54, 1.807) is 0 Å². The molecule has 8 bridgehead atoms.